The van der Waals surface area contributed by atoms with Crippen molar-refractivity contribution in [2.75, 3.05) is 19.0 Å². The van der Waals surface area contributed by atoms with Crippen molar-refractivity contribution in [1.82, 2.24) is 0 Å². The lowest BCUT2D eigenvalue weighted by molar-refractivity contribution is -0.131. The van der Waals surface area contributed by atoms with E-state index in [0.29, 0.717) is 5.56 Å². The average Bonchev–Trinajstić information content (AvgIpc) is 2.46. The zero-order chi connectivity index (χ0) is 16.9. The summed E-state index contributed by atoms with van der Waals surface area (Å²) in [6.45, 7) is 2.64. The molecule has 0 radical (unpaired) electrons. The number of rotatable bonds is 6. The van der Waals surface area contributed by atoms with Crippen molar-refractivity contribution < 1.29 is 9.59 Å². The van der Waals surface area contributed by atoms with Gasteiger partial charge in [-0.2, -0.15) is 10.5 Å². The number of nitrogens with zero attached hydrogens (tertiary/aromatic N) is 3. The van der Waals surface area contributed by atoms with Gasteiger partial charge in [-0.25, -0.2) is 0 Å². The summed E-state index contributed by atoms with van der Waals surface area (Å²) in [5.41, 5.74) is 1.60. The van der Waals surface area contributed by atoms with Crippen molar-refractivity contribution in [3.05, 3.63) is 29.8 Å². The molecule has 0 spiro atoms. The highest BCUT2D eigenvalue weighted by atomic mass is 16.1. The largest absolute Gasteiger partial charge is 0.378 e. The van der Waals surface area contributed by atoms with Crippen LogP contribution in [-0.2, 0) is 9.59 Å². The van der Waals surface area contributed by atoms with Gasteiger partial charge in [0, 0.05) is 25.7 Å². The molecule has 0 aromatic heterocycles. The minimum atomic E-state index is -1.05. The molecule has 1 unspecified atom stereocenters. The smallest absolute Gasteiger partial charge is 0.141 e. The maximum atomic E-state index is 11.9. The standard InChI is InChI=1S/C17H19N3O2/c1-11(21)16(12(2)22)17(14(9-18)10-19)13-5-7-15(8-6-13)20(3)4/h5-8,14,16-17H,1-4H3. The number of carbonyl (C=O) groups excluding carboxylic acids is 2. The van der Waals surface area contributed by atoms with E-state index in [-0.39, 0.29) is 11.6 Å². The molecular formula is C17H19N3O2. The molecule has 0 saturated carbocycles. The Bertz CT molecular complexity index is 607. The fraction of sp³-hybridized carbons (Fsp3) is 0.412. The van der Waals surface area contributed by atoms with Crippen LogP contribution in [0.25, 0.3) is 0 Å². The number of Topliss-reactive ketones (excluding diaryl/α,β-unsaturated/α-hetero) is 2. The van der Waals surface area contributed by atoms with Crippen molar-refractivity contribution in [2.24, 2.45) is 11.8 Å². The highest BCUT2D eigenvalue weighted by molar-refractivity contribution is 6.01. The zero-order valence-corrected chi connectivity index (χ0v) is 13.2. The van der Waals surface area contributed by atoms with Crippen LogP contribution in [0.4, 0.5) is 5.69 Å². The molecule has 1 rings (SSSR count). The van der Waals surface area contributed by atoms with Crippen LogP contribution in [0.1, 0.15) is 25.3 Å². The van der Waals surface area contributed by atoms with Crippen LogP contribution in [0, 0.1) is 34.5 Å². The third-order valence-corrected chi connectivity index (χ3v) is 3.67. The monoisotopic (exact) mass is 297 g/mol. The summed E-state index contributed by atoms with van der Waals surface area (Å²) < 4.78 is 0. The molecule has 0 saturated heterocycles. The fourth-order valence-corrected chi connectivity index (χ4v) is 2.55. The number of carbonyl (C=O) groups is 2. The Morgan fingerprint density at radius 1 is 1.00 bits per heavy atom. The summed E-state index contributed by atoms with van der Waals surface area (Å²) in [4.78, 5) is 25.6. The van der Waals surface area contributed by atoms with E-state index in [0.717, 1.165) is 5.69 Å². The molecule has 0 heterocycles. The van der Waals surface area contributed by atoms with Crippen molar-refractivity contribution in [3.8, 4) is 12.1 Å². The van der Waals surface area contributed by atoms with Gasteiger partial charge in [0.15, 0.2) is 0 Å². The van der Waals surface area contributed by atoms with Gasteiger partial charge in [-0.3, -0.25) is 9.59 Å². The summed E-state index contributed by atoms with van der Waals surface area (Å²) in [6, 6.07) is 11.0. The lowest BCUT2D eigenvalue weighted by Gasteiger charge is -2.25. The molecule has 0 aliphatic heterocycles. The first-order valence-electron chi connectivity index (χ1n) is 6.90. The van der Waals surface area contributed by atoms with Gasteiger partial charge in [0.25, 0.3) is 0 Å². The molecule has 1 aromatic carbocycles. The third-order valence-electron chi connectivity index (χ3n) is 3.67. The van der Waals surface area contributed by atoms with Gasteiger partial charge >= 0.3 is 0 Å². The Hall–Kier alpha value is -2.66. The molecule has 22 heavy (non-hydrogen) atoms. The zero-order valence-electron chi connectivity index (χ0n) is 13.2. The quantitative estimate of drug-likeness (QED) is 0.752. The van der Waals surface area contributed by atoms with Crippen molar-refractivity contribution >= 4 is 17.3 Å². The van der Waals surface area contributed by atoms with Crippen LogP contribution >= 0.6 is 0 Å². The van der Waals surface area contributed by atoms with Gasteiger partial charge in [-0.1, -0.05) is 12.1 Å². The van der Waals surface area contributed by atoms with Gasteiger partial charge in [0.1, 0.15) is 17.5 Å². The molecule has 1 aromatic rings. The Balaban J connectivity index is 3.38. The number of hydrogen-bond donors (Lipinski definition) is 0. The summed E-state index contributed by atoms with van der Waals surface area (Å²) >= 11 is 0. The number of ketones is 2. The van der Waals surface area contributed by atoms with Crippen molar-refractivity contribution in [3.63, 3.8) is 0 Å². The maximum Gasteiger partial charge on any atom is 0.141 e. The summed E-state index contributed by atoms with van der Waals surface area (Å²) in [5, 5.41) is 18.4. The molecule has 0 fully saturated rings. The van der Waals surface area contributed by atoms with Crippen LogP contribution in [0.5, 0.6) is 0 Å². The van der Waals surface area contributed by atoms with E-state index >= 15 is 0 Å². The summed E-state index contributed by atoms with van der Waals surface area (Å²) in [6.07, 6.45) is 0. The predicted octanol–water partition coefficient (Wildman–Crippen LogP) is 2.29. The summed E-state index contributed by atoms with van der Waals surface area (Å²) in [5.74, 6) is -3.44. The van der Waals surface area contributed by atoms with Crippen LogP contribution in [0.2, 0.25) is 0 Å². The number of nitriles is 2. The van der Waals surface area contributed by atoms with Crippen LogP contribution in [-0.4, -0.2) is 25.7 Å². The number of hydrogen-bond acceptors (Lipinski definition) is 5. The highest BCUT2D eigenvalue weighted by Crippen LogP contribution is 2.34. The fourth-order valence-electron chi connectivity index (χ4n) is 2.55. The predicted molar refractivity (Wildman–Crippen MR) is 83.1 cm³/mol. The second-order valence-electron chi connectivity index (χ2n) is 5.45. The first-order chi connectivity index (χ1) is 10.3. The molecule has 0 aliphatic rings. The van der Waals surface area contributed by atoms with Gasteiger partial charge in [0.05, 0.1) is 18.1 Å². The van der Waals surface area contributed by atoms with Crippen LogP contribution in [0.3, 0.4) is 0 Å². The van der Waals surface area contributed by atoms with E-state index in [1.165, 1.54) is 13.8 Å². The SMILES string of the molecule is CC(=O)C(C(C)=O)C(c1ccc(N(C)C)cc1)C(C#N)C#N. The molecule has 1 atom stereocenters. The first-order valence-corrected chi connectivity index (χ1v) is 6.90. The Labute approximate surface area is 130 Å². The lowest BCUT2D eigenvalue weighted by Crippen LogP contribution is -2.31. The van der Waals surface area contributed by atoms with Crippen LogP contribution < -0.4 is 4.90 Å². The molecular weight excluding hydrogens is 278 g/mol. The minimum absolute atomic E-state index is 0.329. The lowest BCUT2D eigenvalue weighted by atomic mass is 9.74. The van der Waals surface area contributed by atoms with Crippen molar-refractivity contribution in [1.29, 1.82) is 10.5 Å². The van der Waals surface area contributed by atoms with E-state index in [2.05, 4.69) is 0 Å². The Kier molecular flexibility index (Phi) is 5.83. The second-order valence-corrected chi connectivity index (χ2v) is 5.45. The summed E-state index contributed by atoms with van der Waals surface area (Å²) in [7, 11) is 3.79. The molecule has 0 N–H and O–H groups in total. The first kappa shape index (κ1) is 17.4. The Morgan fingerprint density at radius 2 is 1.45 bits per heavy atom. The van der Waals surface area contributed by atoms with E-state index < -0.39 is 17.8 Å². The highest BCUT2D eigenvalue weighted by Gasteiger charge is 2.37. The molecule has 5 heteroatoms. The van der Waals surface area contributed by atoms with E-state index in [4.69, 9.17) is 0 Å². The average molecular weight is 297 g/mol. The van der Waals surface area contributed by atoms with E-state index in [1.54, 1.807) is 12.1 Å². The van der Waals surface area contributed by atoms with Crippen molar-refractivity contribution in [2.45, 2.75) is 19.8 Å². The van der Waals surface area contributed by atoms with Crippen LogP contribution in [0.15, 0.2) is 24.3 Å². The molecule has 0 amide bonds. The van der Waals surface area contributed by atoms with Gasteiger partial charge < -0.3 is 4.90 Å². The van der Waals surface area contributed by atoms with Gasteiger partial charge in [-0.05, 0) is 31.5 Å². The van der Waals surface area contributed by atoms with Gasteiger partial charge in [-0.15, -0.1) is 0 Å². The molecule has 0 bridgehead atoms. The topological polar surface area (TPSA) is 85.0 Å². The molecule has 5 nitrogen and oxygen atoms in total. The third kappa shape index (κ3) is 3.71. The van der Waals surface area contributed by atoms with Gasteiger partial charge in [0.2, 0.25) is 0 Å². The van der Waals surface area contributed by atoms with E-state index in [9.17, 15) is 20.1 Å². The van der Waals surface area contributed by atoms with E-state index in [1.807, 2.05) is 43.3 Å². The minimum Gasteiger partial charge on any atom is -0.378 e. The second kappa shape index (κ2) is 7.38. The normalized spacial score (nSPS) is 11.6. The number of benzene rings is 1. The number of anilines is 1. The molecule has 114 valence electrons. The maximum absolute atomic E-state index is 11.9. The molecule has 0 aliphatic carbocycles. The Morgan fingerprint density at radius 3 is 1.77 bits per heavy atom.